The molecule has 0 bridgehead atoms. The third-order valence-electron chi connectivity index (χ3n) is 5.74. The summed E-state index contributed by atoms with van der Waals surface area (Å²) in [6.45, 7) is 0. The summed E-state index contributed by atoms with van der Waals surface area (Å²) in [4.78, 5) is 19.7. The topological polar surface area (TPSA) is 59.2 Å². The molecule has 0 N–H and O–H groups in total. The van der Waals surface area contributed by atoms with Crippen LogP contribution in [0.5, 0.6) is 0 Å². The molecule has 23 heavy (non-hydrogen) atoms. The van der Waals surface area contributed by atoms with Gasteiger partial charge in [-0.05, 0) is 38.5 Å². The van der Waals surface area contributed by atoms with E-state index in [1.807, 2.05) is 0 Å². The molecule has 0 radical (unpaired) electrons. The Labute approximate surface area is 137 Å². The van der Waals surface area contributed by atoms with Crippen molar-refractivity contribution in [3.63, 3.8) is 0 Å². The van der Waals surface area contributed by atoms with E-state index in [1.165, 1.54) is 38.5 Å². The number of rotatable bonds is 4. The number of hydrogen-bond donors (Lipinski definition) is 0. The molecule has 1 heterocycles. The summed E-state index contributed by atoms with van der Waals surface area (Å²) in [7, 11) is 0. The van der Waals surface area contributed by atoms with Crippen molar-refractivity contribution < 1.29 is 9.32 Å². The van der Waals surface area contributed by atoms with Crippen molar-refractivity contribution in [2.24, 2.45) is 0 Å². The first-order chi connectivity index (χ1) is 11.3. The van der Waals surface area contributed by atoms with Crippen LogP contribution >= 0.6 is 0 Å². The van der Waals surface area contributed by atoms with Crippen molar-refractivity contribution in [2.75, 3.05) is 0 Å². The van der Waals surface area contributed by atoms with E-state index in [0.29, 0.717) is 18.0 Å². The molecule has 5 nitrogen and oxygen atoms in total. The zero-order chi connectivity index (χ0) is 15.6. The van der Waals surface area contributed by atoms with E-state index >= 15 is 0 Å². The van der Waals surface area contributed by atoms with Crippen LogP contribution in [0.15, 0.2) is 4.52 Å². The SMILES string of the molecule is O=C(c1nc(C2CC2)no1)N(C1CCCCC1)C1CCCCC1. The fraction of sp³-hybridized carbons (Fsp3) is 0.833. The van der Waals surface area contributed by atoms with Gasteiger partial charge in [-0.15, -0.1) is 0 Å². The van der Waals surface area contributed by atoms with E-state index in [2.05, 4.69) is 15.0 Å². The molecule has 0 aromatic carbocycles. The Morgan fingerprint density at radius 2 is 1.43 bits per heavy atom. The molecule has 0 saturated heterocycles. The summed E-state index contributed by atoms with van der Waals surface area (Å²) in [5, 5.41) is 4.04. The Morgan fingerprint density at radius 1 is 0.870 bits per heavy atom. The van der Waals surface area contributed by atoms with Gasteiger partial charge in [-0.3, -0.25) is 4.79 Å². The van der Waals surface area contributed by atoms with Gasteiger partial charge in [0.2, 0.25) is 0 Å². The monoisotopic (exact) mass is 317 g/mol. The highest BCUT2D eigenvalue weighted by atomic mass is 16.5. The van der Waals surface area contributed by atoms with Gasteiger partial charge >= 0.3 is 11.8 Å². The number of aromatic nitrogens is 2. The average Bonchev–Trinajstić information content (AvgIpc) is 3.34. The van der Waals surface area contributed by atoms with Gasteiger partial charge < -0.3 is 9.42 Å². The van der Waals surface area contributed by atoms with Crippen LogP contribution in [0.1, 0.15) is 99.5 Å². The first-order valence-electron chi connectivity index (χ1n) is 9.49. The van der Waals surface area contributed by atoms with Gasteiger partial charge in [0, 0.05) is 18.0 Å². The van der Waals surface area contributed by atoms with Crippen molar-refractivity contribution >= 4 is 5.91 Å². The summed E-state index contributed by atoms with van der Waals surface area (Å²) >= 11 is 0. The molecule has 5 heteroatoms. The van der Waals surface area contributed by atoms with Crippen molar-refractivity contribution in [3.05, 3.63) is 11.7 Å². The van der Waals surface area contributed by atoms with Gasteiger partial charge in [0.25, 0.3) is 0 Å². The smallest absolute Gasteiger partial charge is 0.316 e. The standard InChI is InChI=1S/C18H27N3O2/c22-18(17-19-16(20-23-17)13-11-12-13)21(14-7-3-1-4-8-14)15-9-5-2-6-10-15/h13-15H,1-12H2. The molecule has 126 valence electrons. The fourth-order valence-corrected chi connectivity index (χ4v) is 4.29. The Balaban J connectivity index is 1.55. The Hall–Kier alpha value is -1.39. The molecule has 3 aliphatic rings. The minimum absolute atomic E-state index is 0.0109. The molecule has 0 atom stereocenters. The number of hydrogen-bond acceptors (Lipinski definition) is 4. The molecule has 3 fully saturated rings. The van der Waals surface area contributed by atoms with Crippen LogP contribution in [-0.2, 0) is 0 Å². The molecular weight excluding hydrogens is 290 g/mol. The Bertz CT molecular complexity index is 522. The number of carbonyl (C=O) groups is 1. The van der Waals surface area contributed by atoms with Crippen LogP contribution < -0.4 is 0 Å². The largest absolute Gasteiger partial charge is 0.329 e. The highest BCUT2D eigenvalue weighted by Crippen LogP contribution is 2.38. The van der Waals surface area contributed by atoms with Gasteiger partial charge in [0.15, 0.2) is 5.82 Å². The van der Waals surface area contributed by atoms with Gasteiger partial charge in [-0.1, -0.05) is 43.7 Å². The summed E-state index contributed by atoms with van der Waals surface area (Å²) in [5.74, 6) is 1.38. The molecular formula is C18H27N3O2. The lowest BCUT2D eigenvalue weighted by molar-refractivity contribution is 0.0401. The number of nitrogens with zero attached hydrogens (tertiary/aromatic N) is 3. The lowest BCUT2D eigenvalue weighted by Crippen LogP contribution is -2.48. The Kier molecular flexibility index (Phi) is 4.36. The summed E-state index contributed by atoms with van der Waals surface area (Å²) in [6, 6.07) is 0.742. The lowest BCUT2D eigenvalue weighted by atomic mass is 9.88. The zero-order valence-corrected chi connectivity index (χ0v) is 13.9. The normalized spacial score (nSPS) is 23.8. The second kappa shape index (κ2) is 6.62. The summed E-state index contributed by atoms with van der Waals surface area (Å²) in [5.41, 5.74) is 0. The number of carbonyl (C=O) groups excluding carboxylic acids is 1. The quantitative estimate of drug-likeness (QED) is 0.840. The highest BCUT2D eigenvalue weighted by Gasteiger charge is 2.37. The van der Waals surface area contributed by atoms with Crippen molar-refractivity contribution in [2.45, 2.75) is 95.1 Å². The molecule has 0 aliphatic heterocycles. The van der Waals surface area contributed by atoms with Crippen LogP contribution in [0.3, 0.4) is 0 Å². The third-order valence-corrected chi connectivity index (χ3v) is 5.74. The second-order valence-electron chi connectivity index (χ2n) is 7.53. The van der Waals surface area contributed by atoms with Crippen molar-refractivity contribution in [3.8, 4) is 0 Å². The first-order valence-corrected chi connectivity index (χ1v) is 9.49. The van der Waals surface area contributed by atoms with Crippen molar-refractivity contribution in [1.82, 2.24) is 15.0 Å². The molecule has 1 aromatic heterocycles. The third kappa shape index (κ3) is 3.29. The van der Waals surface area contributed by atoms with Gasteiger partial charge in [0.05, 0.1) is 0 Å². The lowest BCUT2D eigenvalue weighted by Gasteiger charge is -2.41. The maximum absolute atomic E-state index is 13.1. The minimum atomic E-state index is -0.0109. The van der Waals surface area contributed by atoms with E-state index in [1.54, 1.807) is 0 Å². The van der Waals surface area contributed by atoms with Gasteiger partial charge in [0.1, 0.15) is 0 Å². The van der Waals surface area contributed by atoms with Crippen molar-refractivity contribution in [1.29, 1.82) is 0 Å². The second-order valence-corrected chi connectivity index (χ2v) is 7.53. The molecule has 0 spiro atoms. The van der Waals surface area contributed by atoms with E-state index in [0.717, 1.165) is 44.3 Å². The van der Waals surface area contributed by atoms with Crippen LogP contribution in [0, 0.1) is 0 Å². The maximum atomic E-state index is 13.1. The molecule has 4 rings (SSSR count). The predicted octanol–water partition coefficient (Wildman–Crippen LogP) is 4.05. The summed E-state index contributed by atoms with van der Waals surface area (Å²) < 4.78 is 5.34. The molecule has 1 amide bonds. The maximum Gasteiger partial charge on any atom is 0.316 e. The molecule has 3 saturated carbocycles. The number of amides is 1. The zero-order valence-electron chi connectivity index (χ0n) is 13.9. The Morgan fingerprint density at radius 3 is 1.96 bits per heavy atom. The fourth-order valence-electron chi connectivity index (χ4n) is 4.29. The predicted molar refractivity (Wildman–Crippen MR) is 86.2 cm³/mol. The van der Waals surface area contributed by atoms with E-state index in [-0.39, 0.29) is 11.8 Å². The summed E-state index contributed by atoms with van der Waals surface area (Å²) in [6.07, 6.45) is 14.3. The van der Waals surface area contributed by atoms with E-state index < -0.39 is 0 Å². The van der Waals surface area contributed by atoms with Crippen LogP contribution in [0.25, 0.3) is 0 Å². The van der Waals surface area contributed by atoms with Crippen LogP contribution in [0.4, 0.5) is 0 Å². The minimum Gasteiger partial charge on any atom is -0.329 e. The van der Waals surface area contributed by atoms with Gasteiger partial charge in [-0.2, -0.15) is 4.98 Å². The van der Waals surface area contributed by atoms with Crippen LogP contribution in [-0.4, -0.2) is 33.0 Å². The van der Waals surface area contributed by atoms with Crippen LogP contribution in [0.2, 0.25) is 0 Å². The first kappa shape index (κ1) is 15.2. The van der Waals surface area contributed by atoms with Gasteiger partial charge in [-0.25, -0.2) is 0 Å². The average molecular weight is 317 g/mol. The molecule has 0 unspecified atom stereocenters. The molecule has 1 aromatic rings. The molecule has 3 aliphatic carbocycles. The van der Waals surface area contributed by atoms with E-state index in [9.17, 15) is 4.79 Å². The highest BCUT2D eigenvalue weighted by molar-refractivity contribution is 5.90. The van der Waals surface area contributed by atoms with E-state index in [4.69, 9.17) is 4.52 Å².